The highest BCUT2D eigenvalue weighted by Crippen LogP contribution is 2.34. The first-order valence-electron chi connectivity index (χ1n) is 7.05. The van der Waals surface area contributed by atoms with E-state index in [0.717, 1.165) is 19.5 Å². The summed E-state index contributed by atoms with van der Waals surface area (Å²) in [6.07, 6.45) is 0.987. The van der Waals surface area contributed by atoms with Crippen LogP contribution in [0.3, 0.4) is 0 Å². The molecule has 6 heteroatoms. The van der Waals surface area contributed by atoms with Crippen LogP contribution in [0, 0.1) is 22.0 Å². The predicted molar refractivity (Wildman–Crippen MR) is 79.6 cm³/mol. The third kappa shape index (κ3) is 3.15. The average molecular weight is 292 g/mol. The van der Waals surface area contributed by atoms with Gasteiger partial charge >= 0.3 is 5.97 Å². The summed E-state index contributed by atoms with van der Waals surface area (Å²) < 4.78 is 4.69. The Morgan fingerprint density at radius 3 is 2.67 bits per heavy atom. The molecule has 0 amide bonds. The molecular weight excluding hydrogens is 272 g/mol. The quantitative estimate of drug-likeness (QED) is 0.486. The van der Waals surface area contributed by atoms with Gasteiger partial charge in [0.05, 0.1) is 17.6 Å². The van der Waals surface area contributed by atoms with Crippen molar-refractivity contribution in [3.8, 4) is 0 Å². The van der Waals surface area contributed by atoms with Crippen molar-refractivity contribution in [2.24, 2.45) is 11.8 Å². The molecule has 2 rings (SSSR count). The van der Waals surface area contributed by atoms with Crippen LogP contribution < -0.4 is 4.90 Å². The summed E-state index contributed by atoms with van der Waals surface area (Å²) in [6, 6.07) is 4.38. The number of hydrogen-bond acceptors (Lipinski definition) is 5. The number of nitro benzene ring substituents is 1. The third-order valence-electron chi connectivity index (χ3n) is 4.27. The number of nitro groups is 1. The van der Waals surface area contributed by atoms with Crippen LogP contribution in [0.1, 0.15) is 30.6 Å². The van der Waals surface area contributed by atoms with E-state index in [1.54, 1.807) is 6.07 Å². The van der Waals surface area contributed by atoms with Gasteiger partial charge in [-0.25, -0.2) is 4.79 Å². The molecule has 1 heterocycles. The summed E-state index contributed by atoms with van der Waals surface area (Å²) >= 11 is 0. The summed E-state index contributed by atoms with van der Waals surface area (Å²) in [5.41, 5.74) is 0.871. The van der Waals surface area contributed by atoms with Crippen LogP contribution in [0.5, 0.6) is 0 Å². The van der Waals surface area contributed by atoms with Crippen LogP contribution in [0.4, 0.5) is 11.4 Å². The van der Waals surface area contributed by atoms with Crippen LogP contribution in [0.25, 0.3) is 0 Å². The summed E-state index contributed by atoms with van der Waals surface area (Å²) in [7, 11) is 1.30. The second-order valence-corrected chi connectivity index (χ2v) is 5.64. The Balaban J connectivity index is 2.39. The molecule has 1 aromatic rings. The fraction of sp³-hybridized carbons (Fsp3) is 0.533. The molecule has 0 aliphatic carbocycles. The van der Waals surface area contributed by atoms with Crippen molar-refractivity contribution < 1.29 is 14.5 Å². The minimum Gasteiger partial charge on any atom is -0.465 e. The van der Waals surface area contributed by atoms with Crippen LogP contribution in [-0.2, 0) is 4.74 Å². The van der Waals surface area contributed by atoms with Gasteiger partial charge in [0, 0.05) is 19.2 Å². The number of hydrogen-bond donors (Lipinski definition) is 0. The second kappa shape index (κ2) is 6.11. The van der Waals surface area contributed by atoms with Crippen molar-refractivity contribution in [2.75, 3.05) is 25.1 Å². The van der Waals surface area contributed by atoms with Crippen molar-refractivity contribution in [3.05, 3.63) is 33.9 Å². The molecular formula is C15H20N2O4. The zero-order valence-electron chi connectivity index (χ0n) is 12.5. The van der Waals surface area contributed by atoms with Gasteiger partial charge in [-0.05, 0) is 30.4 Å². The summed E-state index contributed by atoms with van der Waals surface area (Å²) in [6.45, 7) is 5.86. The zero-order chi connectivity index (χ0) is 15.6. The highest BCUT2D eigenvalue weighted by molar-refractivity contribution is 5.91. The van der Waals surface area contributed by atoms with Gasteiger partial charge in [0.25, 0.3) is 5.69 Å². The maximum Gasteiger partial charge on any atom is 0.337 e. The first kappa shape index (κ1) is 15.3. The maximum absolute atomic E-state index is 11.6. The van der Waals surface area contributed by atoms with E-state index in [0.29, 0.717) is 23.1 Å². The number of benzene rings is 1. The van der Waals surface area contributed by atoms with Crippen molar-refractivity contribution in [1.82, 2.24) is 0 Å². The molecule has 0 spiro atoms. The van der Waals surface area contributed by atoms with Gasteiger partial charge < -0.3 is 9.64 Å². The number of piperidine rings is 1. The molecule has 1 aromatic carbocycles. The maximum atomic E-state index is 11.6. The zero-order valence-corrected chi connectivity index (χ0v) is 12.5. The Bertz CT molecular complexity index is 559. The molecule has 21 heavy (non-hydrogen) atoms. The topological polar surface area (TPSA) is 72.7 Å². The Labute approximate surface area is 123 Å². The van der Waals surface area contributed by atoms with Gasteiger partial charge in [0.1, 0.15) is 5.69 Å². The lowest BCUT2D eigenvalue weighted by Crippen LogP contribution is -2.38. The normalized spacial score (nSPS) is 22.0. The monoisotopic (exact) mass is 292 g/mol. The van der Waals surface area contributed by atoms with Crippen molar-refractivity contribution in [3.63, 3.8) is 0 Å². The summed E-state index contributed by atoms with van der Waals surface area (Å²) in [5, 5.41) is 11.2. The van der Waals surface area contributed by atoms with E-state index in [9.17, 15) is 14.9 Å². The van der Waals surface area contributed by atoms with Crippen molar-refractivity contribution in [1.29, 1.82) is 0 Å². The molecule has 6 nitrogen and oxygen atoms in total. The highest BCUT2D eigenvalue weighted by Gasteiger charge is 2.28. The summed E-state index contributed by atoms with van der Waals surface area (Å²) in [4.78, 5) is 24.5. The van der Waals surface area contributed by atoms with E-state index in [1.165, 1.54) is 19.2 Å². The molecule has 114 valence electrons. The van der Waals surface area contributed by atoms with Crippen LogP contribution >= 0.6 is 0 Å². The van der Waals surface area contributed by atoms with E-state index in [4.69, 9.17) is 0 Å². The van der Waals surface area contributed by atoms with Crippen molar-refractivity contribution >= 4 is 17.3 Å². The third-order valence-corrected chi connectivity index (χ3v) is 4.27. The van der Waals surface area contributed by atoms with Gasteiger partial charge in [0.15, 0.2) is 0 Å². The number of carbonyl (C=O) groups excluding carboxylic acids is 1. The number of esters is 1. The van der Waals surface area contributed by atoms with Crippen LogP contribution in [0.2, 0.25) is 0 Å². The lowest BCUT2D eigenvalue weighted by molar-refractivity contribution is -0.384. The molecule has 1 aliphatic rings. The Hall–Kier alpha value is -2.11. The Kier molecular flexibility index (Phi) is 4.45. The van der Waals surface area contributed by atoms with E-state index in [-0.39, 0.29) is 5.69 Å². The number of carbonyl (C=O) groups is 1. The molecule has 0 radical (unpaired) electrons. The fourth-order valence-corrected chi connectivity index (χ4v) is 2.66. The Morgan fingerprint density at radius 2 is 2.10 bits per heavy atom. The summed E-state index contributed by atoms with van der Waals surface area (Å²) in [5.74, 6) is 0.578. The number of anilines is 1. The number of ether oxygens (including phenoxy) is 1. The van der Waals surface area contributed by atoms with E-state index in [1.807, 2.05) is 4.90 Å². The van der Waals surface area contributed by atoms with E-state index < -0.39 is 10.9 Å². The predicted octanol–water partition coefficient (Wildman–Crippen LogP) is 2.86. The lowest BCUT2D eigenvalue weighted by Gasteiger charge is -2.36. The van der Waals surface area contributed by atoms with E-state index >= 15 is 0 Å². The molecule has 0 N–H and O–H groups in total. The average Bonchev–Trinajstić information content (AvgIpc) is 2.48. The smallest absolute Gasteiger partial charge is 0.337 e. The molecule has 0 saturated carbocycles. The van der Waals surface area contributed by atoms with E-state index in [2.05, 4.69) is 18.6 Å². The SMILES string of the molecule is COC(=O)c1ccc([N+](=O)[O-])c(N2CCC(C)C(C)C2)c1. The van der Waals surface area contributed by atoms with Crippen LogP contribution in [0.15, 0.2) is 18.2 Å². The Morgan fingerprint density at radius 1 is 1.38 bits per heavy atom. The largest absolute Gasteiger partial charge is 0.465 e. The first-order valence-corrected chi connectivity index (χ1v) is 7.05. The van der Waals surface area contributed by atoms with Crippen molar-refractivity contribution in [2.45, 2.75) is 20.3 Å². The lowest BCUT2D eigenvalue weighted by atomic mass is 9.88. The molecule has 1 saturated heterocycles. The minimum absolute atomic E-state index is 0.0319. The second-order valence-electron chi connectivity index (χ2n) is 5.64. The molecule has 0 bridgehead atoms. The molecule has 1 fully saturated rings. The van der Waals surface area contributed by atoms with Gasteiger partial charge in [-0.3, -0.25) is 10.1 Å². The van der Waals surface area contributed by atoms with Crippen LogP contribution in [-0.4, -0.2) is 31.1 Å². The first-order chi connectivity index (χ1) is 9.93. The molecule has 1 aliphatic heterocycles. The molecule has 0 aromatic heterocycles. The number of nitrogens with zero attached hydrogens (tertiary/aromatic N) is 2. The standard InChI is InChI=1S/C15H20N2O4/c1-10-6-7-16(9-11(10)2)14-8-12(15(18)21-3)4-5-13(14)17(19)20/h4-5,8,10-11H,6-7,9H2,1-3H3. The van der Waals surface area contributed by atoms with Gasteiger partial charge in [0.2, 0.25) is 0 Å². The van der Waals surface area contributed by atoms with Gasteiger partial charge in [-0.1, -0.05) is 13.8 Å². The minimum atomic E-state index is -0.482. The van der Waals surface area contributed by atoms with Gasteiger partial charge in [-0.15, -0.1) is 0 Å². The highest BCUT2D eigenvalue weighted by atomic mass is 16.6. The number of rotatable bonds is 3. The number of methoxy groups -OCH3 is 1. The molecule has 2 atom stereocenters. The molecule has 2 unspecified atom stereocenters. The fourth-order valence-electron chi connectivity index (χ4n) is 2.66. The van der Waals surface area contributed by atoms with Gasteiger partial charge in [-0.2, -0.15) is 0 Å².